The van der Waals surface area contributed by atoms with E-state index in [1.165, 1.54) is 11.0 Å². The Balaban J connectivity index is 1.36. The van der Waals surface area contributed by atoms with Crippen molar-refractivity contribution in [3.63, 3.8) is 0 Å². The molecule has 2 aliphatic rings. The van der Waals surface area contributed by atoms with Gasteiger partial charge >= 0.3 is 0 Å². The van der Waals surface area contributed by atoms with Crippen LogP contribution in [0.25, 0.3) is 17.2 Å². The van der Waals surface area contributed by atoms with Gasteiger partial charge in [-0.3, -0.25) is 14.5 Å². The Labute approximate surface area is 217 Å². The molecular formula is C30H31N3O4. The van der Waals surface area contributed by atoms with E-state index in [1.54, 1.807) is 11.0 Å². The Hall–Kier alpha value is -3.78. The van der Waals surface area contributed by atoms with Gasteiger partial charge in [0.15, 0.2) is 12.6 Å². The molecule has 0 aliphatic carbocycles. The highest BCUT2D eigenvalue weighted by molar-refractivity contribution is 6.06. The summed E-state index contributed by atoms with van der Waals surface area (Å²) < 4.78 is 11.2. The van der Waals surface area contributed by atoms with Crippen LogP contribution in [0, 0.1) is 0 Å². The maximum absolute atomic E-state index is 13.3. The van der Waals surface area contributed by atoms with Crippen molar-refractivity contribution in [3.05, 3.63) is 96.1 Å². The third kappa shape index (κ3) is 5.97. The molecule has 5 rings (SSSR count). The first kappa shape index (κ1) is 24.9. The van der Waals surface area contributed by atoms with Crippen LogP contribution in [0.4, 0.5) is 5.69 Å². The van der Waals surface area contributed by atoms with E-state index >= 15 is 0 Å². The van der Waals surface area contributed by atoms with E-state index in [0.717, 1.165) is 28.7 Å². The zero-order chi connectivity index (χ0) is 25.8. The molecule has 2 aliphatic heterocycles. The number of nitrogens with zero attached hydrogens (tertiary/aromatic N) is 2. The first-order chi connectivity index (χ1) is 18.0. The fourth-order valence-electron chi connectivity index (χ4n) is 4.58. The molecule has 0 spiro atoms. The van der Waals surface area contributed by atoms with Crippen molar-refractivity contribution in [2.24, 2.45) is 5.73 Å². The second kappa shape index (κ2) is 11.1. The van der Waals surface area contributed by atoms with Crippen LogP contribution in [0.3, 0.4) is 0 Å². The Bertz CT molecular complexity index is 1270. The molecule has 0 radical (unpaired) electrons. The van der Waals surface area contributed by atoms with Gasteiger partial charge in [-0.2, -0.15) is 0 Å². The third-order valence-corrected chi connectivity index (χ3v) is 6.66. The van der Waals surface area contributed by atoms with Gasteiger partial charge in [0.25, 0.3) is 5.91 Å². The number of rotatable bonds is 7. The maximum Gasteiger partial charge on any atom is 0.251 e. The SMILES string of the molecule is CC1OC(c2cccc(-c3ccc(N(CC(=O)N4CCC(N)C4)C(=O)/C=C/c4ccccc4)cc3)c2)O1. The van der Waals surface area contributed by atoms with Gasteiger partial charge in [0, 0.05) is 36.5 Å². The number of likely N-dealkylation sites (tertiary alicyclic amines) is 1. The van der Waals surface area contributed by atoms with Crippen molar-refractivity contribution >= 4 is 23.6 Å². The predicted octanol–water partition coefficient (Wildman–Crippen LogP) is 4.35. The number of carbonyl (C=O) groups excluding carboxylic acids is 2. The number of anilines is 1. The molecule has 0 bridgehead atoms. The van der Waals surface area contributed by atoms with E-state index in [4.69, 9.17) is 15.2 Å². The van der Waals surface area contributed by atoms with Crippen molar-refractivity contribution in [3.8, 4) is 11.1 Å². The van der Waals surface area contributed by atoms with Crippen LogP contribution in [-0.2, 0) is 19.1 Å². The van der Waals surface area contributed by atoms with Gasteiger partial charge in [-0.15, -0.1) is 0 Å². The van der Waals surface area contributed by atoms with Crippen LogP contribution in [0.5, 0.6) is 0 Å². The topological polar surface area (TPSA) is 85.1 Å². The Morgan fingerprint density at radius 1 is 1.00 bits per heavy atom. The minimum Gasteiger partial charge on any atom is -0.340 e. The lowest BCUT2D eigenvalue weighted by molar-refractivity contribution is -0.382. The summed E-state index contributed by atoms with van der Waals surface area (Å²) in [7, 11) is 0. The number of hydrogen-bond donors (Lipinski definition) is 1. The largest absolute Gasteiger partial charge is 0.340 e. The summed E-state index contributed by atoms with van der Waals surface area (Å²) in [5.41, 5.74) is 10.5. The molecule has 3 aromatic carbocycles. The summed E-state index contributed by atoms with van der Waals surface area (Å²) >= 11 is 0. The molecule has 0 aromatic heterocycles. The molecule has 2 amide bonds. The zero-order valence-corrected chi connectivity index (χ0v) is 20.8. The van der Waals surface area contributed by atoms with Gasteiger partial charge in [0.1, 0.15) is 6.54 Å². The molecular weight excluding hydrogens is 466 g/mol. The van der Waals surface area contributed by atoms with Crippen molar-refractivity contribution < 1.29 is 19.1 Å². The van der Waals surface area contributed by atoms with Crippen LogP contribution in [0.1, 0.15) is 30.8 Å². The van der Waals surface area contributed by atoms with E-state index in [9.17, 15) is 9.59 Å². The van der Waals surface area contributed by atoms with Crippen molar-refractivity contribution in [1.82, 2.24) is 4.90 Å². The third-order valence-electron chi connectivity index (χ3n) is 6.66. The fourth-order valence-corrected chi connectivity index (χ4v) is 4.58. The average molecular weight is 498 g/mol. The smallest absolute Gasteiger partial charge is 0.251 e. The lowest BCUT2D eigenvalue weighted by atomic mass is 10.0. The maximum atomic E-state index is 13.3. The number of ether oxygens (including phenoxy) is 2. The van der Waals surface area contributed by atoms with E-state index in [2.05, 4.69) is 0 Å². The van der Waals surface area contributed by atoms with E-state index in [0.29, 0.717) is 18.8 Å². The van der Waals surface area contributed by atoms with E-state index < -0.39 is 0 Å². The molecule has 2 saturated heterocycles. The number of amides is 2. The second-order valence-corrected chi connectivity index (χ2v) is 9.40. The zero-order valence-electron chi connectivity index (χ0n) is 20.8. The number of benzene rings is 3. The molecule has 7 nitrogen and oxygen atoms in total. The van der Waals surface area contributed by atoms with Crippen molar-refractivity contribution in [2.45, 2.75) is 32.0 Å². The molecule has 37 heavy (non-hydrogen) atoms. The number of nitrogens with two attached hydrogens (primary N) is 1. The van der Waals surface area contributed by atoms with Crippen LogP contribution < -0.4 is 10.6 Å². The van der Waals surface area contributed by atoms with Gasteiger partial charge in [0.2, 0.25) is 5.91 Å². The quantitative estimate of drug-likeness (QED) is 0.491. The Morgan fingerprint density at radius 2 is 1.76 bits per heavy atom. The summed E-state index contributed by atoms with van der Waals surface area (Å²) in [4.78, 5) is 29.6. The van der Waals surface area contributed by atoms with Crippen LogP contribution in [0.15, 0.2) is 84.9 Å². The Morgan fingerprint density at radius 3 is 2.43 bits per heavy atom. The monoisotopic (exact) mass is 497 g/mol. The van der Waals surface area contributed by atoms with E-state index in [1.807, 2.05) is 85.8 Å². The highest BCUT2D eigenvalue weighted by Gasteiger charge is 2.29. The van der Waals surface area contributed by atoms with Gasteiger partial charge in [-0.1, -0.05) is 60.7 Å². The average Bonchev–Trinajstić information content (AvgIpc) is 3.35. The first-order valence-corrected chi connectivity index (χ1v) is 12.6. The van der Waals surface area contributed by atoms with E-state index in [-0.39, 0.29) is 37.0 Å². The standard InChI is InChI=1S/C30H31N3O4/c1-21-36-30(37-21)25-9-5-8-24(18-25)23-11-13-27(14-12-23)33(20-29(35)32-17-16-26(31)19-32)28(34)15-10-22-6-3-2-4-7-22/h2-15,18,21,26,30H,16-17,19-20,31H2,1H3/b15-10+. The summed E-state index contributed by atoms with van der Waals surface area (Å²) in [5, 5.41) is 0. The van der Waals surface area contributed by atoms with Crippen molar-refractivity contribution in [2.75, 3.05) is 24.5 Å². The lowest BCUT2D eigenvalue weighted by Gasteiger charge is -2.34. The molecule has 2 N–H and O–H groups in total. The molecule has 2 heterocycles. The molecule has 0 saturated carbocycles. The summed E-state index contributed by atoms with van der Waals surface area (Å²) in [5.74, 6) is -0.371. The molecule has 3 aromatic rings. The molecule has 1 atom stereocenters. The molecule has 190 valence electrons. The second-order valence-electron chi connectivity index (χ2n) is 9.40. The fraction of sp³-hybridized carbons (Fsp3) is 0.267. The van der Waals surface area contributed by atoms with Gasteiger partial charge in [-0.25, -0.2) is 0 Å². The number of carbonyl (C=O) groups is 2. The molecule has 1 unspecified atom stereocenters. The highest BCUT2D eigenvalue weighted by Crippen LogP contribution is 2.33. The summed E-state index contributed by atoms with van der Waals surface area (Å²) in [6.45, 7) is 2.95. The van der Waals surface area contributed by atoms with Crippen LogP contribution in [0.2, 0.25) is 0 Å². The van der Waals surface area contributed by atoms with Gasteiger partial charge < -0.3 is 20.1 Å². The lowest BCUT2D eigenvalue weighted by Crippen LogP contribution is -2.42. The molecule has 7 heteroatoms. The highest BCUT2D eigenvalue weighted by atomic mass is 16.9. The van der Waals surface area contributed by atoms with Gasteiger partial charge in [-0.05, 0) is 54.3 Å². The van der Waals surface area contributed by atoms with Crippen LogP contribution >= 0.6 is 0 Å². The molecule has 2 fully saturated rings. The minimum atomic E-state index is -0.344. The first-order valence-electron chi connectivity index (χ1n) is 12.6. The summed E-state index contributed by atoms with van der Waals surface area (Å²) in [6.07, 6.45) is 3.51. The minimum absolute atomic E-state index is 0.0138. The van der Waals surface area contributed by atoms with Gasteiger partial charge in [0.05, 0.1) is 0 Å². The normalized spacial score (nSPS) is 21.1. The van der Waals surface area contributed by atoms with Crippen molar-refractivity contribution in [1.29, 1.82) is 0 Å². The Kier molecular flexibility index (Phi) is 7.46. The summed E-state index contributed by atoms with van der Waals surface area (Å²) in [6, 6.07) is 25.3. The number of hydrogen-bond acceptors (Lipinski definition) is 5. The predicted molar refractivity (Wildman–Crippen MR) is 143 cm³/mol. The van der Waals surface area contributed by atoms with Crippen LogP contribution in [-0.4, -0.2) is 48.7 Å².